The van der Waals surface area contributed by atoms with Gasteiger partial charge >= 0.3 is 0 Å². The van der Waals surface area contributed by atoms with Gasteiger partial charge in [-0.05, 0) is 27.2 Å². The zero-order valence-corrected chi connectivity index (χ0v) is 12.8. The van der Waals surface area contributed by atoms with E-state index in [1.54, 1.807) is 0 Å². The van der Waals surface area contributed by atoms with Gasteiger partial charge in [0.15, 0.2) is 0 Å². The van der Waals surface area contributed by atoms with E-state index in [4.69, 9.17) is 0 Å². The lowest BCUT2D eigenvalue weighted by molar-refractivity contribution is 0.0658. The van der Waals surface area contributed by atoms with Gasteiger partial charge in [0.25, 0.3) is 5.91 Å². The Kier molecular flexibility index (Phi) is 4.42. The second kappa shape index (κ2) is 5.88. The van der Waals surface area contributed by atoms with E-state index in [2.05, 4.69) is 21.9 Å². The zero-order valence-electron chi connectivity index (χ0n) is 11.9. The van der Waals surface area contributed by atoms with Crippen LogP contribution in [-0.4, -0.2) is 65.2 Å². The number of aromatic nitrogens is 2. The Hall–Kier alpha value is -1.14. The van der Waals surface area contributed by atoms with Gasteiger partial charge in [0, 0.05) is 26.2 Å². The quantitative estimate of drug-likeness (QED) is 0.602. The highest BCUT2D eigenvalue weighted by Gasteiger charge is 2.25. The summed E-state index contributed by atoms with van der Waals surface area (Å²) in [7, 11) is 2.08. The van der Waals surface area contributed by atoms with E-state index < -0.39 is 0 Å². The van der Waals surface area contributed by atoms with Crippen molar-refractivity contribution in [3.05, 3.63) is 17.1 Å². The first-order valence-electron chi connectivity index (χ1n) is 6.40. The molecule has 0 bridgehead atoms. The average Bonchev–Trinajstić information content (AvgIpc) is 2.38. The van der Waals surface area contributed by atoms with Gasteiger partial charge in [-0.1, -0.05) is 0 Å². The molecule has 104 valence electrons. The maximum Gasteiger partial charge on any atom is 0.258 e. The molecule has 0 unspecified atom stereocenters. The van der Waals surface area contributed by atoms with Crippen molar-refractivity contribution in [3.63, 3.8) is 0 Å². The summed E-state index contributed by atoms with van der Waals surface area (Å²) in [5.41, 5.74) is 1.45. The number of hydrogen-bond acceptors (Lipinski definition) is 5. The molecule has 0 aromatic carbocycles. The van der Waals surface area contributed by atoms with Gasteiger partial charge in [0.1, 0.15) is 10.9 Å². The molecular weight excluding hydrogens is 260 g/mol. The summed E-state index contributed by atoms with van der Waals surface area (Å²) in [4.78, 5) is 25.5. The summed E-state index contributed by atoms with van der Waals surface area (Å²) in [6.07, 6.45) is 1.95. The number of nitrogens with zero attached hydrogens (tertiary/aromatic N) is 4. The maximum atomic E-state index is 12.6. The van der Waals surface area contributed by atoms with Crippen LogP contribution in [0.2, 0.25) is 0 Å². The molecule has 19 heavy (non-hydrogen) atoms. The van der Waals surface area contributed by atoms with E-state index in [9.17, 15) is 4.79 Å². The second-order valence-corrected chi connectivity index (χ2v) is 5.63. The first-order chi connectivity index (χ1) is 9.02. The number of rotatable bonds is 2. The third-order valence-corrected chi connectivity index (χ3v) is 4.05. The second-order valence-electron chi connectivity index (χ2n) is 4.84. The SMILES string of the molecule is CSc1nc(C)nc(C)c1C(=O)N1CCN(C)CC1. The summed E-state index contributed by atoms with van der Waals surface area (Å²) in [5.74, 6) is 0.784. The minimum Gasteiger partial charge on any atom is -0.336 e. The smallest absolute Gasteiger partial charge is 0.258 e. The fraction of sp³-hybridized carbons (Fsp3) is 0.615. The minimum atomic E-state index is 0.0648. The van der Waals surface area contributed by atoms with Gasteiger partial charge in [-0.15, -0.1) is 11.8 Å². The van der Waals surface area contributed by atoms with Crippen molar-refractivity contribution in [2.45, 2.75) is 18.9 Å². The Morgan fingerprint density at radius 2 is 1.79 bits per heavy atom. The first kappa shape index (κ1) is 14.3. The third kappa shape index (κ3) is 3.06. The maximum absolute atomic E-state index is 12.6. The van der Waals surface area contributed by atoms with Crippen molar-refractivity contribution in [1.82, 2.24) is 19.8 Å². The Balaban J connectivity index is 2.28. The van der Waals surface area contributed by atoms with Crippen molar-refractivity contribution < 1.29 is 4.79 Å². The standard InChI is InChI=1S/C13H20N4OS/c1-9-11(12(19-4)15-10(2)14-9)13(18)17-7-5-16(3)6-8-17/h5-8H2,1-4H3. The van der Waals surface area contributed by atoms with Gasteiger partial charge in [-0.2, -0.15) is 0 Å². The lowest BCUT2D eigenvalue weighted by Gasteiger charge is -2.32. The summed E-state index contributed by atoms with van der Waals surface area (Å²) >= 11 is 1.51. The van der Waals surface area contributed by atoms with Crippen molar-refractivity contribution in [1.29, 1.82) is 0 Å². The predicted molar refractivity (Wildman–Crippen MR) is 76.7 cm³/mol. The van der Waals surface area contributed by atoms with Crippen LogP contribution in [0.5, 0.6) is 0 Å². The fourth-order valence-electron chi connectivity index (χ4n) is 2.24. The number of amides is 1. The van der Waals surface area contributed by atoms with E-state index in [1.807, 2.05) is 25.0 Å². The normalized spacial score (nSPS) is 16.7. The van der Waals surface area contributed by atoms with Crippen molar-refractivity contribution in [2.24, 2.45) is 0 Å². The molecule has 0 N–H and O–H groups in total. The molecule has 0 spiro atoms. The Labute approximate surface area is 118 Å². The largest absolute Gasteiger partial charge is 0.336 e. The van der Waals surface area contributed by atoms with Crippen LogP contribution in [0.3, 0.4) is 0 Å². The lowest BCUT2D eigenvalue weighted by Crippen LogP contribution is -2.47. The topological polar surface area (TPSA) is 49.3 Å². The van der Waals surface area contributed by atoms with Crippen LogP contribution in [0.1, 0.15) is 21.9 Å². The molecule has 1 aliphatic rings. The number of likely N-dealkylation sites (N-methyl/N-ethyl adjacent to an activating group) is 1. The predicted octanol–water partition coefficient (Wildman–Crippen LogP) is 1.20. The van der Waals surface area contributed by atoms with E-state index >= 15 is 0 Å². The lowest BCUT2D eigenvalue weighted by atomic mass is 10.2. The molecule has 2 rings (SSSR count). The number of piperazine rings is 1. The Morgan fingerprint density at radius 3 is 2.37 bits per heavy atom. The Bertz CT molecular complexity index is 484. The van der Waals surface area contributed by atoms with Gasteiger partial charge in [-0.3, -0.25) is 4.79 Å². The summed E-state index contributed by atoms with van der Waals surface area (Å²) in [6, 6.07) is 0. The summed E-state index contributed by atoms with van der Waals surface area (Å²) < 4.78 is 0. The summed E-state index contributed by atoms with van der Waals surface area (Å²) in [5, 5.41) is 0.786. The third-order valence-electron chi connectivity index (χ3n) is 3.37. The van der Waals surface area contributed by atoms with Gasteiger partial charge in [0.05, 0.1) is 11.3 Å². The molecule has 6 heteroatoms. The van der Waals surface area contributed by atoms with Gasteiger partial charge in [-0.25, -0.2) is 9.97 Å². The van der Waals surface area contributed by atoms with Gasteiger partial charge in [0.2, 0.25) is 0 Å². The molecule has 1 saturated heterocycles. The van der Waals surface area contributed by atoms with Crippen LogP contribution in [0.15, 0.2) is 5.03 Å². The molecule has 1 fully saturated rings. The molecule has 1 aromatic rings. The number of thioether (sulfide) groups is 1. The average molecular weight is 280 g/mol. The fourth-order valence-corrected chi connectivity index (χ4v) is 2.91. The molecule has 0 radical (unpaired) electrons. The monoisotopic (exact) mass is 280 g/mol. The molecular formula is C13H20N4OS. The van der Waals surface area contributed by atoms with Crippen molar-refractivity contribution >= 4 is 17.7 Å². The van der Waals surface area contributed by atoms with Crippen LogP contribution >= 0.6 is 11.8 Å². The molecule has 1 aromatic heterocycles. The number of hydrogen-bond donors (Lipinski definition) is 0. The minimum absolute atomic E-state index is 0.0648. The molecule has 5 nitrogen and oxygen atoms in total. The molecule has 0 aliphatic carbocycles. The van der Waals surface area contributed by atoms with Crippen LogP contribution in [0, 0.1) is 13.8 Å². The van der Waals surface area contributed by atoms with Crippen LogP contribution in [0.25, 0.3) is 0 Å². The highest BCUT2D eigenvalue weighted by molar-refractivity contribution is 7.98. The first-order valence-corrected chi connectivity index (χ1v) is 7.62. The van der Waals surface area contributed by atoms with Crippen LogP contribution < -0.4 is 0 Å². The Morgan fingerprint density at radius 1 is 1.16 bits per heavy atom. The van der Waals surface area contributed by atoms with E-state index in [-0.39, 0.29) is 5.91 Å². The van der Waals surface area contributed by atoms with Gasteiger partial charge < -0.3 is 9.80 Å². The summed E-state index contributed by atoms with van der Waals surface area (Å²) in [6.45, 7) is 7.14. The van der Waals surface area contributed by atoms with Crippen molar-refractivity contribution in [3.8, 4) is 0 Å². The van der Waals surface area contributed by atoms with E-state index in [0.717, 1.165) is 42.7 Å². The number of aryl methyl sites for hydroxylation is 2. The molecule has 1 amide bonds. The van der Waals surface area contributed by atoms with E-state index in [0.29, 0.717) is 5.56 Å². The highest BCUT2D eigenvalue weighted by Crippen LogP contribution is 2.22. The zero-order chi connectivity index (χ0) is 14.0. The highest BCUT2D eigenvalue weighted by atomic mass is 32.2. The number of carbonyl (C=O) groups is 1. The molecule has 0 saturated carbocycles. The molecule has 1 aliphatic heterocycles. The number of carbonyl (C=O) groups excluding carboxylic acids is 1. The van der Waals surface area contributed by atoms with Crippen LogP contribution in [0.4, 0.5) is 0 Å². The molecule has 2 heterocycles. The van der Waals surface area contributed by atoms with E-state index in [1.165, 1.54) is 11.8 Å². The molecule has 0 atom stereocenters. The van der Waals surface area contributed by atoms with Crippen molar-refractivity contribution in [2.75, 3.05) is 39.5 Å². The van der Waals surface area contributed by atoms with Crippen LogP contribution in [-0.2, 0) is 0 Å².